The molecule has 1 aliphatic heterocycles. The van der Waals surface area contributed by atoms with Crippen LogP contribution in [0, 0.1) is 5.92 Å². The maximum atomic E-state index is 11.9. The van der Waals surface area contributed by atoms with Crippen LogP contribution in [-0.4, -0.2) is 19.0 Å². The molecule has 7 heteroatoms. The van der Waals surface area contributed by atoms with Gasteiger partial charge in [0, 0.05) is 34.6 Å². The van der Waals surface area contributed by atoms with Crippen LogP contribution in [0.3, 0.4) is 0 Å². The van der Waals surface area contributed by atoms with E-state index in [9.17, 15) is 4.79 Å². The molecule has 18 heavy (non-hydrogen) atoms. The van der Waals surface area contributed by atoms with Gasteiger partial charge in [-0.3, -0.25) is 4.79 Å². The first-order chi connectivity index (χ1) is 8.61. The number of azide groups is 1. The summed E-state index contributed by atoms with van der Waals surface area (Å²) >= 11 is 9.25. The van der Waals surface area contributed by atoms with Gasteiger partial charge >= 0.3 is 0 Å². The predicted molar refractivity (Wildman–Crippen MR) is 73.6 cm³/mol. The topological polar surface area (TPSA) is 69.1 Å². The van der Waals surface area contributed by atoms with Crippen molar-refractivity contribution < 1.29 is 4.79 Å². The molecule has 1 aromatic carbocycles. The van der Waals surface area contributed by atoms with Crippen molar-refractivity contribution in [3.63, 3.8) is 0 Å². The van der Waals surface area contributed by atoms with Gasteiger partial charge in [-0.2, -0.15) is 0 Å². The number of halogens is 2. The average molecular weight is 330 g/mol. The van der Waals surface area contributed by atoms with E-state index in [4.69, 9.17) is 17.1 Å². The summed E-state index contributed by atoms with van der Waals surface area (Å²) in [5, 5.41) is 4.13. The lowest BCUT2D eigenvalue weighted by Crippen LogP contribution is -2.24. The molecule has 1 unspecified atom stereocenters. The van der Waals surface area contributed by atoms with Gasteiger partial charge in [-0.1, -0.05) is 16.7 Å². The van der Waals surface area contributed by atoms with Crippen LogP contribution in [-0.2, 0) is 4.79 Å². The van der Waals surface area contributed by atoms with Crippen LogP contribution in [0.25, 0.3) is 10.4 Å². The van der Waals surface area contributed by atoms with Gasteiger partial charge in [0.2, 0.25) is 5.91 Å². The van der Waals surface area contributed by atoms with Gasteiger partial charge in [0.05, 0.1) is 5.02 Å². The summed E-state index contributed by atoms with van der Waals surface area (Å²) in [5.41, 5.74) is 9.09. The summed E-state index contributed by atoms with van der Waals surface area (Å²) in [6.45, 7) is 0.930. The first kappa shape index (κ1) is 13.2. The Morgan fingerprint density at radius 2 is 2.39 bits per heavy atom. The Bertz CT molecular complexity index is 530. The molecule has 1 atom stereocenters. The lowest BCUT2D eigenvalue weighted by molar-refractivity contribution is -0.117. The van der Waals surface area contributed by atoms with Gasteiger partial charge in [-0.15, -0.1) is 0 Å². The Balaban J connectivity index is 2.16. The van der Waals surface area contributed by atoms with Crippen LogP contribution in [0.4, 0.5) is 5.69 Å². The Kier molecular flexibility index (Phi) is 4.11. The van der Waals surface area contributed by atoms with Crippen molar-refractivity contribution in [3.05, 3.63) is 38.1 Å². The van der Waals surface area contributed by atoms with Crippen LogP contribution >= 0.6 is 27.5 Å². The highest BCUT2D eigenvalue weighted by Gasteiger charge is 2.30. The molecular weight excluding hydrogens is 320 g/mol. The molecule has 1 heterocycles. The average Bonchev–Trinajstić information content (AvgIpc) is 2.71. The molecule has 1 saturated heterocycles. The highest BCUT2D eigenvalue weighted by Crippen LogP contribution is 2.31. The van der Waals surface area contributed by atoms with Crippen molar-refractivity contribution in [1.82, 2.24) is 0 Å². The first-order valence-corrected chi connectivity index (χ1v) is 6.55. The molecule has 0 spiro atoms. The number of hydrogen-bond acceptors (Lipinski definition) is 2. The van der Waals surface area contributed by atoms with Crippen molar-refractivity contribution in [2.75, 3.05) is 18.0 Å². The molecule has 94 valence electrons. The van der Waals surface area contributed by atoms with Gasteiger partial charge in [0.1, 0.15) is 0 Å². The van der Waals surface area contributed by atoms with Crippen molar-refractivity contribution >= 4 is 39.1 Å². The number of hydrogen-bond donors (Lipinski definition) is 0. The number of carbonyl (C=O) groups is 1. The van der Waals surface area contributed by atoms with Gasteiger partial charge in [-0.25, -0.2) is 0 Å². The van der Waals surface area contributed by atoms with Gasteiger partial charge in [0.25, 0.3) is 0 Å². The minimum atomic E-state index is 0.0439. The third-order valence-electron chi connectivity index (χ3n) is 2.82. The highest BCUT2D eigenvalue weighted by molar-refractivity contribution is 9.10. The molecule has 5 nitrogen and oxygen atoms in total. The van der Waals surface area contributed by atoms with E-state index in [0.29, 0.717) is 24.5 Å². The molecule has 0 aliphatic carbocycles. The number of carbonyl (C=O) groups excluding carboxylic acids is 1. The monoisotopic (exact) mass is 328 g/mol. The van der Waals surface area contributed by atoms with Crippen LogP contribution < -0.4 is 4.90 Å². The molecule has 1 amide bonds. The fraction of sp³-hybridized carbons (Fsp3) is 0.364. The highest BCUT2D eigenvalue weighted by atomic mass is 79.9. The molecule has 0 radical (unpaired) electrons. The van der Waals surface area contributed by atoms with Crippen LogP contribution in [0.1, 0.15) is 6.42 Å². The lowest BCUT2D eigenvalue weighted by atomic mass is 10.1. The molecule has 2 rings (SSSR count). The second kappa shape index (κ2) is 5.61. The van der Waals surface area contributed by atoms with E-state index in [1.807, 2.05) is 6.07 Å². The molecule has 1 aromatic rings. The van der Waals surface area contributed by atoms with E-state index in [1.54, 1.807) is 17.0 Å². The minimum absolute atomic E-state index is 0.0439. The summed E-state index contributed by atoms with van der Waals surface area (Å²) in [4.78, 5) is 16.3. The molecule has 0 N–H and O–H groups in total. The zero-order valence-corrected chi connectivity index (χ0v) is 11.7. The Labute approximate surface area is 117 Å². The van der Waals surface area contributed by atoms with E-state index in [2.05, 4.69) is 26.0 Å². The van der Waals surface area contributed by atoms with Crippen molar-refractivity contribution in [2.45, 2.75) is 6.42 Å². The Morgan fingerprint density at radius 1 is 1.61 bits per heavy atom. The summed E-state index contributed by atoms with van der Waals surface area (Å²) in [6, 6.07) is 5.37. The standard InChI is InChI=1S/C11H10BrClN4O/c12-9-4-8(1-2-10(9)13)17-6-7(3-11(17)18)5-15-16-14/h1-2,4,7H,3,5-6H2. The molecular formula is C11H10BrClN4O. The zero-order valence-electron chi connectivity index (χ0n) is 9.38. The Hall–Kier alpha value is -1.23. The molecule has 0 bridgehead atoms. The molecule has 0 saturated carbocycles. The molecule has 1 aliphatic rings. The largest absolute Gasteiger partial charge is 0.312 e. The summed E-state index contributed by atoms with van der Waals surface area (Å²) < 4.78 is 0.757. The number of amides is 1. The lowest BCUT2D eigenvalue weighted by Gasteiger charge is -2.17. The van der Waals surface area contributed by atoms with Gasteiger partial charge in [0.15, 0.2) is 0 Å². The predicted octanol–water partition coefficient (Wildman–Crippen LogP) is 3.77. The second-order valence-electron chi connectivity index (χ2n) is 4.09. The van der Waals surface area contributed by atoms with Gasteiger partial charge in [-0.05, 0) is 45.6 Å². The van der Waals surface area contributed by atoms with Crippen molar-refractivity contribution in [1.29, 1.82) is 0 Å². The maximum absolute atomic E-state index is 11.9. The third-order valence-corrected chi connectivity index (χ3v) is 4.04. The Morgan fingerprint density at radius 3 is 3.06 bits per heavy atom. The number of nitrogens with zero attached hydrogens (tertiary/aromatic N) is 4. The maximum Gasteiger partial charge on any atom is 0.227 e. The number of rotatable bonds is 3. The van der Waals surface area contributed by atoms with Crippen LogP contribution in [0.5, 0.6) is 0 Å². The van der Waals surface area contributed by atoms with E-state index in [0.717, 1.165) is 10.2 Å². The fourth-order valence-electron chi connectivity index (χ4n) is 1.96. The minimum Gasteiger partial charge on any atom is -0.312 e. The van der Waals surface area contributed by atoms with E-state index >= 15 is 0 Å². The van der Waals surface area contributed by atoms with E-state index in [1.165, 1.54) is 0 Å². The molecule has 1 fully saturated rings. The van der Waals surface area contributed by atoms with E-state index in [-0.39, 0.29) is 11.8 Å². The van der Waals surface area contributed by atoms with Crippen LogP contribution in [0.2, 0.25) is 5.02 Å². The first-order valence-electron chi connectivity index (χ1n) is 5.38. The third kappa shape index (κ3) is 2.77. The number of benzene rings is 1. The normalized spacial score (nSPS) is 18.9. The molecule has 0 aromatic heterocycles. The SMILES string of the molecule is [N-]=[N+]=NCC1CC(=O)N(c2ccc(Cl)c(Br)c2)C1. The number of anilines is 1. The van der Waals surface area contributed by atoms with E-state index < -0.39 is 0 Å². The zero-order chi connectivity index (χ0) is 13.1. The smallest absolute Gasteiger partial charge is 0.227 e. The van der Waals surface area contributed by atoms with Crippen molar-refractivity contribution in [2.24, 2.45) is 11.0 Å². The quantitative estimate of drug-likeness (QED) is 0.473. The summed E-state index contributed by atoms with van der Waals surface area (Å²) in [6.07, 6.45) is 0.416. The summed E-state index contributed by atoms with van der Waals surface area (Å²) in [5.74, 6) is 0.130. The van der Waals surface area contributed by atoms with Gasteiger partial charge < -0.3 is 4.90 Å². The van der Waals surface area contributed by atoms with Crippen molar-refractivity contribution in [3.8, 4) is 0 Å². The van der Waals surface area contributed by atoms with Crippen LogP contribution in [0.15, 0.2) is 27.8 Å². The fourth-order valence-corrected chi connectivity index (χ4v) is 2.44. The second-order valence-corrected chi connectivity index (χ2v) is 5.35. The summed E-state index contributed by atoms with van der Waals surface area (Å²) in [7, 11) is 0.